The fraction of sp³-hybridized carbons (Fsp3) is 0.150. The maximum Gasteiger partial charge on any atom is 0.265 e. The zero-order valence-corrected chi connectivity index (χ0v) is 15.5. The molecule has 2 aliphatic heterocycles. The number of carbonyl (C=O) groups excluding carboxylic acids is 2. The van der Waals surface area contributed by atoms with Crippen LogP contribution in [0, 0.1) is 5.92 Å². The Hall–Kier alpha value is -2.44. The first kappa shape index (κ1) is 17.0. The first-order valence-electron chi connectivity index (χ1n) is 8.24. The highest BCUT2D eigenvalue weighted by molar-refractivity contribution is 8.03. The largest absolute Gasteiger partial charge is 0.298 e. The lowest BCUT2D eigenvalue weighted by molar-refractivity contribution is -0.128. The van der Waals surface area contributed by atoms with Gasteiger partial charge in [-0.1, -0.05) is 48.6 Å². The molecule has 0 radical (unpaired) electrons. The number of rotatable bonds is 3. The molecule has 1 fully saturated rings. The molecule has 6 heteroatoms. The number of nitrogens with zero attached hydrogens (tertiary/aromatic N) is 1. The summed E-state index contributed by atoms with van der Waals surface area (Å²) in [5.74, 6) is -0.576. The van der Waals surface area contributed by atoms with Gasteiger partial charge in [-0.05, 0) is 29.4 Å². The molecular formula is C20H16N2O2S2. The number of hydrogen-bond donors (Lipinski definition) is 1. The van der Waals surface area contributed by atoms with Crippen LogP contribution in [0.3, 0.4) is 0 Å². The molecule has 1 aromatic rings. The second-order valence-corrected chi connectivity index (χ2v) is 7.80. The molecule has 0 aromatic heterocycles. The molecule has 2 atom stereocenters. The van der Waals surface area contributed by atoms with Gasteiger partial charge in [0.1, 0.15) is 5.57 Å². The maximum absolute atomic E-state index is 12.6. The van der Waals surface area contributed by atoms with Gasteiger partial charge in [0.2, 0.25) is 0 Å². The molecule has 1 saturated heterocycles. The van der Waals surface area contributed by atoms with Crippen LogP contribution in [0.1, 0.15) is 16.4 Å². The first-order valence-corrected chi connectivity index (χ1v) is 9.52. The Labute approximate surface area is 161 Å². The SMILES string of the molecule is C=CCN1C(=O)/C(=C/C2=CC3C=Cc4ccccc4C3S2)C(=O)NC1=S. The van der Waals surface area contributed by atoms with Crippen LogP contribution < -0.4 is 5.32 Å². The zero-order valence-electron chi connectivity index (χ0n) is 13.8. The Balaban J connectivity index is 1.62. The summed E-state index contributed by atoms with van der Waals surface area (Å²) in [4.78, 5) is 27.2. The van der Waals surface area contributed by atoms with E-state index in [4.69, 9.17) is 12.2 Å². The van der Waals surface area contributed by atoms with Crippen molar-refractivity contribution in [3.63, 3.8) is 0 Å². The van der Waals surface area contributed by atoms with Crippen molar-refractivity contribution in [2.45, 2.75) is 5.25 Å². The van der Waals surface area contributed by atoms with E-state index in [1.54, 1.807) is 23.9 Å². The van der Waals surface area contributed by atoms with Crippen LogP contribution in [0.4, 0.5) is 0 Å². The molecule has 1 aliphatic carbocycles. The summed E-state index contributed by atoms with van der Waals surface area (Å²) in [6, 6.07) is 8.31. The van der Waals surface area contributed by atoms with Crippen LogP contribution in [-0.4, -0.2) is 28.4 Å². The summed E-state index contributed by atoms with van der Waals surface area (Å²) in [6.07, 6.45) is 9.67. The van der Waals surface area contributed by atoms with Crippen LogP contribution in [0.15, 0.2) is 65.6 Å². The van der Waals surface area contributed by atoms with Crippen molar-refractivity contribution in [2.24, 2.45) is 5.92 Å². The summed E-state index contributed by atoms with van der Waals surface area (Å²) in [5.41, 5.74) is 2.61. The standard InChI is InChI=1S/C20H16N2O2S2/c1-2-9-22-19(24)16(18(23)21-20(22)25)11-14-10-13-8-7-12-5-3-4-6-15(12)17(13)26-14/h2-8,10-11,13,17H,1,9H2,(H,21,23,25)/b16-11+. The minimum atomic E-state index is -0.451. The lowest BCUT2D eigenvalue weighted by atomic mass is 9.89. The molecule has 3 aliphatic rings. The fourth-order valence-corrected chi connectivity index (χ4v) is 4.95. The lowest BCUT2D eigenvalue weighted by Gasteiger charge is -2.27. The van der Waals surface area contributed by atoms with E-state index in [2.05, 4.69) is 42.3 Å². The van der Waals surface area contributed by atoms with E-state index in [-0.39, 0.29) is 34.3 Å². The van der Waals surface area contributed by atoms with E-state index in [0.29, 0.717) is 0 Å². The highest BCUT2D eigenvalue weighted by Gasteiger charge is 2.35. The molecule has 4 nitrogen and oxygen atoms in total. The van der Waals surface area contributed by atoms with Gasteiger partial charge in [-0.3, -0.25) is 19.8 Å². The molecule has 0 spiro atoms. The van der Waals surface area contributed by atoms with Gasteiger partial charge in [-0.15, -0.1) is 18.3 Å². The highest BCUT2D eigenvalue weighted by atomic mass is 32.2. The predicted molar refractivity (Wildman–Crippen MR) is 108 cm³/mol. The molecule has 1 aromatic carbocycles. The average Bonchev–Trinajstić information content (AvgIpc) is 3.05. The minimum Gasteiger partial charge on any atom is -0.298 e. The quantitative estimate of drug-likeness (QED) is 0.378. The van der Waals surface area contributed by atoms with Crippen molar-refractivity contribution in [2.75, 3.05) is 6.54 Å². The molecule has 26 heavy (non-hydrogen) atoms. The van der Waals surface area contributed by atoms with Gasteiger partial charge in [0.25, 0.3) is 11.8 Å². The van der Waals surface area contributed by atoms with E-state index in [1.165, 1.54) is 16.0 Å². The van der Waals surface area contributed by atoms with Crippen LogP contribution in [0.5, 0.6) is 0 Å². The number of allylic oxidation sites excluding steroid dienone is 3. The Bertz CT molecular complexity index is 929. The van der Waals surface area contributed by atoms with Gasteiger partial charge < -0.3 is 0 Å². The molecule has 2 amide bonds. The fourth-order valence-electron chi connectivity index (χ4n) is 3.32. The average molecular weight is 380 g/mol. The molecule has 0 saturated carbocycles. The normalized spacial score (nSPS) is 25.7. The Morgan fingerprint density at radius 2 is 2.12 bits per heavy atom. The number of benzene rings is 1. The second kappa shape index (κ2) is 6.70. The van der Waals surface area contributed by atoms with Gasteiger partial charge in [0.15, 0.2) is 5.11 Å². The smallest absolute Gasteiger partial charge is 0.265 e. The highest BCUT2D eigenvalue weighted by Crippen LogP contribution is 2.51. The number of amides is 2. The number of nitrogens with one attached hydrogen (secondary N) is 1. The predicted octanol–water partition coefficient (Wildman–Crippen LogP) is 3.36. The summed E-state index contributed by atoms with van der Waals surface area (Å²) >= 11 is 6.76. The lowest BCUT2D eigenvalue weighted by Crippen LogP contribution is -2.53. The van der Waals surface area contributed by atoms with Crippen molar-refractivity contribution < 1.29 is 9.59 Å². The Morgan fingerprint density at radius 3 is 2.92 bits per heavy atom. The van der Waals surface area contributed by atoms with Crippen molar-refractivity contribution in [3.8, 4) is 0 Å². The van der Waals surface area contributed by atoms with Crippen molar-refractivity contribution in [1.29, 1.82) is 0 Å². The van der Waals surface area contributed by atoms with Gasteiger partial charge in [-0.25, -0.2) is 0 Å². The third kappa shape index (κ3) is 2.85. The molecule has 0 bridgehead atoms. The maximum atomic E-state index is 12.6. The van der Waals surface area contributed by atoms with Crippen LogP contribution in [-0.2, 0) is 9.59 Å². The zero-order chi connectivity index (χ0) is 18.3. The van der Waals surface area contributed by atoms with Crippen molar-refractivity contribution in [1.82, 2.24) is 10.2 Å². The van der Waals surface area contributed by atoms with E-state index >= 15 is 0 Å². The number of carbonyl (C=O) groups is 2. The van der Waals surface area contributed by atoms with Crippen molar-refractivity contribution >= 4 is 47.0 Å². The van der Waals surface area contributed by atoms with Gasteiger partial charge >= 0.3 is 0 Å². The second-order valence-electron chi connectivity index (χ2n) is 6.19. The topological polar surface area (TPSA) is 49.4 Å². The molecule has 4 rings (SSSR count). The van der Waals surface area contributed by atoms with E-state index < -0.39 is 5.91 Å². The summed E-state index contributed by atoms with van der Waals surface area (Å²) < 4.78 is 0. The van der Waals surface area contributed by atoms with Crippen molar-refractivity contribution in [3.05, 3.63) is 76.8 Å². The third-order valence-corrected chi connectivity index (χ3v) is 6.22. The summed E-state index contributed by atoms with van der Waals surface area (Å²) in [6.45, 7) is 3.90. The van der Waals surface area contributed by atoms with Crippen LogP contribution >= 0.6 is 24.0 Å². The minimum absolute atomic E-state index is 0.107. The molecular weight excluding hydrogens is 364 g/mol. The number of fused-ring (bicyclic) bond motifs is 3. The summed E-state index contributed by atoms with van der Waals surface area (Å²) in [7, 11) is 0. The van der Waals surface area contributed by atoms with E-state index in [0.717, 1.165) is 4.91 Å². The summed E-state index contributed by atoms with van der Waals surface area (Å²) in [5, 5.41) is 2.97. The van der Waals surface area contributed by atoms with E-state index in [9.17, 15) is 9.59 Å². The monoisotopic (exact) mass is 380 g/mol. The third-order valence-electron chi connectivity index (χ3n) is 4.55. The molecule has 130 valence electrons. The Kier molecular flexibility index (Phi) is 4.38. The molecule has 1 N–H and O–H groups in total. The number of thiocarbonyl (C=S) groups is 1. The van der Waals surface area contributed by atoms with Gasteiger partial charge in [-0.2, -0.15) is 0 Å². The number of hydrogen-bond acceptors (Lipinski definition) is 4. The molecule has 2 unspecified atom stereocenters. The van der Waals surface area contributed by atoms with E-state index in [1.807, 2.05) is 12.1 Å². The molecule has 2 heterocycles. The van der Waals surface area contributed by atoms with Crippen LogP contribution in [0.2, 0.25) is 0 Å². The number of thioether (sulfide) groups is 1. The Morgan fingerprint density at radius 1 is 1.31 bits per heavy atom. The first-order chi connectivity index (χ1) is 12.6. The van der Waals surface area contributed by atoms with Gasteiger partial charge in [0.05, 0.1) is 0 Å². The van der Waals surface area contributed by atoms with Crippen LogP contribution in [0.25, 0.3) is 6.08 Å². The van der Waals surface area contributed by atoms with Gasteiger partial charge in [0, 0.05) is 22.6 Å².